The highest BCUT2D eigenvalue weighted by Gasteiger charge is 2.42. The van der Waals surface area contributed by atoms with E-state index in [0.717, 1.165) is 0 Å². The second kappa shape index (κ2) is 30.8. The predicted octanol–water partition coefficient (Wildman–Crippen LogP) is 11.6. The lowest BCUT2D eigenvalue weighted by molar-refractivity contribution is -0.176. The van der Waals surface area contributed by atoms with Crippen molar-refractivity contribution in [3.63, 3.8) is 0 Å². The third kappa shape index (κ3) is 19.1. The van der Waals surface area contributed by atoms with E-state index in [2.05, 4.69) is 39.5 Å². The van der Waals surface area contributed by atoms with Gasteiger partial charge in [0.1, 0.15) is 34.5 Å². The molecule has 0 N–H and O–H groups in total. The molecule has 0 amide bonds. The number of Topliss-reactive ketones (excluding diaryl/α,β-unsaturated/α-hetero) is 3. The van der Waals surface area contributed by atoms with E-state index < -0.39 is 59.0 Å². The number of ether oxygens (including phenoxy) is 8. The topological polar surface area (TPSA) is 245 Å². The minimum absolute atomic E-state index is 0.151. The average Bonchev–Trinajstić information content (AvgIpc) is 2.97. The number of benzene rings is 6. The molecule has 6 aromatic rings. The molecular weight excluding hydrogens is 1090 g/mol. The van der Waals surface area contributed by atoms with Crippen LogP contribution < -0.4 is 28.4 Å². The van der Waals surface area contributed by atoms with Gasteiger partial charge in [0.25, 0.3) is 5.79 Å². The van der Waals surface area contributed by atoms with Crippen LogP contribution in [0.1, 0.15) is 94.1 Å². The second-order valence-corrected chi connectivity index (χ2v) is 18.5. The summed E-state index contributed by atoms with van der Waals surface area (Å²) >= 11 is 0. The third-order valence-electron chi connectivity index (χ3n) is 11.3. The lowest BCUT2D eigenvalue weighted by atomic mass is 9.95. The number of carbonyl (C=O) groups excluding carboxylic acids is 10. The van der Waals surface area contributed by atoms with E-state index >= 15 is 0 Å². The molecule has 0 unspecified atom stereocenters. The zero-order valence-corrected chi connectivity index (χ0v) is 47.9. The first-order valence-corrected chi connectivity index (χ1v) is 25.3. The molecule has 18 heteroatoms. The van der Waals surface area contributed by atoms with Crippen molar-refractivity contribution in [3.8, 4) is 34.5 Å². The van der Waals surface area contributed by atoms with Crippen LogP contribution in [0.5, 0.6) is 34.5 Å². The zero-order chi connectivity index (χ0) is 63.3. The normalized spacial score (nSPS) is 10.3. The Hall–Kier alpha value is -10.8. The van der Waals surface area contributed by atoms with Gasteiger partial charge in [0.2, 0.25) is 17.3 Å². The van der Waals surface area contributed by atoms with Gasteiger partial charge in [0.15, 0.2) is 5.78 Å². The van der Waals surface area contributed by atoms with E-state index in [-0.39, 0.29) is 78.9 Å². The minimum atomic E-state index is -1.73. The summed E-state index contributed by atoms with van der Waals surface area (Å²) in [6.45, 7) is 30.2. The van der Waals surface area contributed by atoms with Crippen molar-refractivity contribution in [1.29, 1.82) is 0 Å². The number of methoxy groups -OCH3 is 2. The van der Waals surface area contributed by atoms with Crippen molar-refractivity contribution in [2.24, 2.45) is 0 Å². The summed E-state index contributed by atoms with van der Waals surface area (Å²) in [6, 6.07) is 35.8. The summed E-state index contributed by atoms with van der Waals surface area (Å²) in [6.07, 6.45) is 0. The first-order valence-electron chi connectivity index (χ1n) is 25.3. The Bertz CT molecular complexity index is 3440. The molecule has 18 nitrogen and oxygen atoms in total. The summed E-state index contributed by atoms with van der Waals surface area (Å²) < 4.78 is 41.5. The lowest BCUT2D eigenvalue weighted by Gasteiger charge is -2.29. The van der Waals surface area contributed by atoms with Gasteiger partial charge in [-0.3, -0.25) is 19.2 Å². The maximum Gasteiger partial charge on any atom is 0.338 e. The first kappa shape index (κ1) is 66.7. The summed E-state index contributed by atoms with van der Waals surface area (Å²) in [5.41, 5.74) is 3.44. The van der Waals surface area contributed by atoms with Gasteiger partial charge in [-0.1, -0.05) is 39.5 Å². The number of esters is 6. The van der Waals surface area contributed by atoms with Crippen molar-refractivity contribution in [2.75, 3.05) is 14.2 Å². The van der Waals surface area contributed by atoms with Gasteiger partial charge in [-0.05, 0) is 187 Å². The molecule has 0 saturated carbocycles. The van der Waals surface area contributed by atoms with Gasteiger partial charge in [-0.25, -0.2) is 28.8 Å². The van der Waals surface area contributed by atoms with Crippen molar-refractivity contribution < 1.29 is 85.8 Å². The fourth-order valence-electron chi connectivity index (χ4n) is 6.53. The maximum absolute atomic E-state index is 13.3. The van der Waals surface area contributed by atoms with Gasteiger partial charge in [-0.15, -0.1) is 0 Å². The third-order valence-corrected chi connectivity index (χ3v) is 11.3. The SMILES string of the molecule is C=C(C)C(=O)Oc1ccc(C(=O)C(=O)c2ccc(OC(=O)C(=C)C)cc2)cc1.C=C(C)C(=O)Oc1ccc(C(=O)C(OC)(OC)c2ccc(OC(=O)C(=C)C)cc2)cc1.C=C(C)C(=O)Oc1ccc(C(=O)c2ccc(OC(=O)C(=C)C)cc2)cc1. The van der Waals surface area contributed by atoms with Crippen LogP contribution in [0.4, 0.5) is 0 Å². The number of ketones is 4. The quantitative estimate of drug-likeness (QED) is 0.0153. The molecule has 0 fully saturated rings. The van der Waals surface area contributed by atoms with Gasteiger partial charge < -0.3 is 37.9 Å². The van der Waals surface area contributed by atoms with Gasteiger partial charge in [-0.2, -0.15) is 0 Å². The molecule has 0 aromatic heterocycles. The van der Waals surface area contributed by atoms with E-state index in [1.807, 2.05) is 0 Å². The van der Waals surface area contributed by atoms with Crippen molar-refractivity contribution in [1.82, 2.24) is 0 Å². The molecule has 0 aliphatic carbocycles. The van der Waals surface area contributed by atoms with Crippen LogP contribution in [0, 0.1) is 0 Å². The maximum atomic E-state index is 13.3. The van der Waals surface area contributed by atoms with E-state index in [0.29, 0.717) is 28.2 Å². The van der Waals surface area contributed by atoms with Crippen LogP contribution in [0.25, 0.3) is 0 Å². The van der Waals surface area contributed by atoms with Crippen LogP contribution in [-0.2, 0) is 44.0 Å². The Morgan fingerprint density at radius 1 is 0.282 bits per heavy atom. The smallest absolute Gasteiger partial charge is 0.338 e. The molecule has 0 radical (unpaired) electrons. The molecule has 6 rings (SSSR count). The van der Waals surface area contributed by atoms with E-state index in [1.54, 1.807) is 57.2 Å². The summed E-state index contributed by atoms with van der Waals surface area (Å²) in [5.74, 6) is -5.48. The standard InChI is InChI=1S/C24H24O7.C22H18O6.C21H18O5/c1-15(2)22(26)30-19-11-7-17(8-12-19)21(25)24(28-5,29-6)18-9-13-20(14-10-18)31-23(27)16(3)4;1-13(2)21(25)27-17-9-5-15(6-10-17)19(23)20(24)16-7-11-18(12-8-16)28-22(26)14(3)4;1-13(2)20(23)25-17-9-5-15(6-10-17)19(22)16-7-11-18(12-8-16)26-21(24)14(3)4/h7-14H,1,3H2,2,4-6H3;5-12H,1,3H2,2,4H3;5-12H,1,3H2,2,4H3. The monoisotopic (exact) mass is 1150 g/mol. The average molecular weight is 1150 g/mol. The Morgan fingerprint density at radius 3 is 0.671 bits per heavy atom. The highest BCUT2D eigenvalue weighted by molar-refractivity contribution is 6.49. The minimum Gasteiger partial charge on any atom is -0.423 e. The first-order chi connectivity index (χ1) is 40.1. The molecule has 0 saturated heterocycles. The highest BCUT2D eigenvalue weighted by atomic mass is 16.7. The lowest BCUT2D eigenvalue weighted by Crippen LogP contribution is -2.40. The van der Waals surface area contributed by atoms with Crippen molar-refractivity contribution in [3.05, 3.63) is 252 Å². The van der Waals surface area contributed by atoms with Crippen molar-refractivity contribution in [2.45, 2.75) is 47.3 Å². The molecule has 0 heterocycles. The molecule has 436 valence electrons. The van der Waals surface area contributed by atoms with Crippen LogP contribution in [0.3, 0.4) is 0 Å². The van der Waals surface area contributed by atoms with E-state index in [4.69, 9.17) is 37.9 Å². The predicted molar refractivity (Wildman–Crippen MR) is 313 cm³/mol. The summed E-state index contributed by atoms with van der Waals surface area (Å²) in [7, 11) is 2.69. The van der Waals surface area contributed by atoms with Crippen molar-refractivity contribution >= 4 is 58.9 Å². The molecule has 0 atom stereocenters. The fourth-order valence-corrected chi connectivity index (χ4v) is 6.53. The van der Waals surface area contributed by atoms with Crippen LogP contribution >= 0.6 is 0 Å². The Balaban J connectivity index is 0.000000274. The second-order valence-electron chi connectivity index (χ2n) is 18.5. The molecular formula is C67H60O18. The fraction of sp³-hybridized carbons (Fsp3) is 0.134. The van der Waals surface area contributed by atoms with Gasteiger partial charge in [0, 0.05) is 81.0 Å². The Labute approximate surface area is 490 Å². The number of carbonyl (C=O) groups is 10. The molecule has 0 aliphatic rings. The Morgan fingerprint density at radius 2 is 0.471 bits per heavy atom. The largest absolute Gasteiger partial charge is 0.423 e. The van der Waals surface area contributed by atoms with Gasteiger partial charge in [0.05, 0.1) is 0 Å². The van der Waals surface area contributed by atoms with Gasteiger partial charge >= 0.3 is 35.8 Å². The molecule has 0 bridgehead atoms. The van der Waals surface area contributed by atoms with Crippen LogP contribution in [0.2, 0.25) is 0 Å². The number of rotatable bonds is 22. The number of hydrogen-bond donors (Lipinski definition) is 0. The molecule has 0 aliphatic heterocycles. The van der Waals surface area contributed by atoms with E-state index in [9.17, 15) is 47.9 Å². The highest BCUT2D eigenvalue weighted by Crippen LogP contribution is 2.33. The van der Waals surface area contributed by atoms with Crippen LogP contribution in [0.15, 0.2) is 219 Å². The van der Waals surface area contributed by atoms with Crippen LogP contribution in [-0.4, -0.2) is 73.2 Å². The Kier molecular flexibility index (Phi) is 24.2. The van der Waals surface area contributed by atoms with E-state index in [1.165, 1.54) is 144 Å². The molecule has 6 aromatic carbocycles. The number of hydrogen-bond acceptors (Lipinski definition) is 18. The molecule has 85 heavy (non-hydrogen) atoms. The summed E-state index contributed by atoms with van der Waals surface area (Å²) in [4.78, 5) is 120. The zero-order valence-electron chi connectivity index (χ0n) is 47.9. The molecule has 0 spiro atoms. The summed E-state index contributed by atoms with van der Waals surface area (Å²) in [5, 5.41) is 0.